The Morgan fingerprint density at radius 2 is 2.10 bits per heavy atom. The van der Waals surface area contributed by atoms with Crippen LogP contribution in [0.5, 0.6) is 0 Å². The fraction of sp³-hybridized carbons (Fsp3) is 0.583. The Morgan fingerprint density at radius 1 is 1.50 bits per heavy atom. The van der Waals surface area contributed by atoms with Crippen molar-refractivity contribution in [1.82, 2.24) is 4.72 Å². The molecule has 2 atom stereocenters. The van der Waals surface area contributed by atoms with Crippen molar-refractivity contribution >= 4 is 27.3 Å². The summed E-state index contributed by atoms with van der Waals surface area (Å²) in [5.41, 5.74) is 0.493. The van der Waals surface area contributed by atoms with E-state index in [0.29, 0.717) is 5.56 Å². The van der Waals surface area contributed by atoms with Crippen LogP contribution in [0.25, 0.3) is 0 Å². The molecular formula is C12H19NO5S2. The van der Waals surface area contributed by atoms with Gasteiger partial charge in [-0.2, -0.15) is 0 Å². The molecule has 1 aromatic heterocycles. The molecule has 0 amide bonds. The fourth-order valence-electron chi connectivity index (χ4n) is 1.88. The number of ether oxygens (including phenoxy) is 1. The SMILES string of the molecule is COC(=O)c1scc(C)c1S(=O)(=O)NC(C)CC(C)O. The van der Waals surface area contributed by atoms with E-state index in [-0.39, 0.29) is 16.2 Å². The van der Waals surface area contributed by atoms with Crippen LogP contribution >= 0.6 is 11.3 Å². The van der Waals surface area contributed by atoms with E-state index in [1.165, 1.54) is 7.11 Å². The molecule has 0 bridgehead atoms. The zero-order chi connectivity index (χ0) is 15.5. The predicted octanol–water partition coefficient (Wildman–Crippen LogP) is 1.28. The van der Waals surface area contributed by atoms with Crippen molar-refractivity contribution in [2.75, 3.05) is 7.11 Å². The summed E-state index contributed by atoms with van der Waals surface area (Å²) >= 11 is 1.03. The standard InChI is InChI=1S/C12H19NO5S2/c1-7-6-19-10(12(15)18-4)11(7)20(16,17)13-8(2)5-9(3)14/h6,8-9,13-14H,5H2,1-4H3. The molecule has 0 radical (unpaired) electrons. The number of carbonyl (C=O) groups is 1. The quantitative estimate of drug-likeness (QED) is 0.770. The van der Waals surface area contributed by atoms with Crippen molar-refractivity contribution in [2.45, 2.75) is 44.2 Å². The van der Waals surface area contributed by atoms with E-state index in [0.717, 1.165) is 11.3 Å². The van der Waals surface area contributed by atoms with Gasteiger partial charge in [0.1, 0.15) is 9.77 Å². The van der Waals surface area contributed by atoms with Gasteiger partial charge in [-0.05, 0) is 38.1 Å². The van der Waals surface area contributed by atoms with Crippen molar-refractivity contribution in [2.24, 2.45) is 0 Å². The Morgan fingerprint density at radius 3 is 2.60 bits per heavy atom. The first-order valence-corrected chi connectivity index (χ1v) is 8.42. The number of aryl methyl sites for hydroxylation is 1. The summed E-state index contributed by atoms with van der Waals surface area (Å²) < 4.78 is 31.8. The molecule has 8 heteroatoms. The zero-order valence-electron chi connectivity index (χ0n) is 11.8. The second-order valence-electron chi connectivity index (χ2n) is 4.68. The van der Waals surface area contributed by atoms with Gasteiger partial charge in [0.05, 0.1) is 13.2 Å². The molecule has 0 aliphatic heterocycles. The van der Waals surface area contributed by atoms with Gasteiger partial charge in [0.2, 0.25) is 10.0 Å². The van der Waals surface area contributed by atoms with Gasteiger partial charge in [-0.3, -0.25) is 0 Å². The third-order valence-corrected chi connectivity index (χ3v) is 5.59. The maximum atomic E-state index is 12.4. The number of hydrogen-bond acceptors (Lipinski definition) is 6. The minimum atomic E-state index is -3.83. The normalized spacial score (nSPS) is 14.8. The van der Waals surface area contributed by atoms with Crippen LogP contribution in [0.3, 0.4) is 0 Å². The van der Waals surface area contributed by atoms with E-state index in [4.69, 9.17) is 0 Å². The number of methoxy groups -OCH3 is 1. The number of hydrogen-bond donors (Lipinski definition) is 2. The number of thiophene rings is 1. The molecule has 0 saturated carbocycles. The Hall–Kier alpha value is -0.960. The highest BCUT2D eigenvalue weighted by molar-refractivity contribution is 7.89. The number of aliphatic hydroxyl groups is 1. The Bertz CT molecular complexity index is 577. The van der Waals surface area contributed by atoms with E-state index in [2.05, 4.69) is 9.46 Å². The lowest BCUT2D eigenvalue weighted by Gasteiger charge is -2.16. The van der Waals surface area contributed by atoms with Crippen LogP contribution in [-0.2, 0) is 14.8 Å². The van der Waals surface area contributed by atoms with Crippen LogP contribution in [0.2, 0.25) is 0 Å². The highest BCUT2D eigenvalue weighted by Gasteiger charge is 2.28. The summed E-state index contributed by atoms with van der Waals surface area (Å²) in [6, 6.07) is -0.440. The van der Waals surface area contributed by atoms with E-state index < -0.39 is 28.1 Å². The highest BCUT2D eigenvalue weighted by atomic mass is 32.2. The average Bonchev–Trinajstić information content (AvgIpc) is 2.68. The first-order valence-electron chi connectivity index (χ1n) is 6.05. The molecule has 0 spiro atoms. The van der Waals surface area contributed by atoms with Gasteiger partial charge in [0, 0.05) is 6.04 Å². The van der Waals surface area contributed by atoms with Crippen LogP contribution in [0.15, 0.2) is 10.3 Å². The molecule has 1 aromatic rings. The third kappa shape index (κ3) is 4.02. The molecule has 2 N–H and O–H groups in total. The third-order valence-electron chi connectivity index (χ3n) is 2.61. The maximum absolute atomic E-state index is 12.4. The summed E-state index contributed by atoms with van der Waals surface area (Å²) in [6.07, 6.45) is -0.327. The van der Waals surface area contributed by atoms with E-state index in [1.807, 2.05) is 0 Å². The monoisotopic (exact) mass is 321 g/mol. The van der Waals surface area contributed by atoms with Gasteiger partial charge in [0.25, 0.3) is 0 Å². The van der Waals surface area contributed by atoms with Crippen LogP contribution in [0.4, 0.5) is 0 Å². The van der Waals surface area contributed by atoms with E-state index in [9.17, 15) is 18.3 Å². The molecule has 2 unspecified atom stereocenters. The Labute approximate surface area is 122 Å². The van der Waals surface area contributed by atoms with Gasteiger partial charge < -0.3 is 9.84 Å². The van der Waals surface area contributed by atoms with Gasteiger partial charge in [-0.25, -0.2) is 17.9 Å². The topological polar surface area (TPSA) is 92.7 Å². The summed E-state index contributed by atoms with van der Waals surface area (Å²) in [6.45, 7) is 4.86. The molecule has 114 valence electrons. The van der Waals surface area contributed by atoms with E-state index >= 15 is 0 Å². The molecule has 0 aromatic carbocycles. The van der Waals surface area contributed by atoms with Gasteiger partial charge in [0.15, 0.2) is 0 Å². The average molecular weight is 321 g/mol. The number of sulfonamides is 1. The minimum Gasteiger partial charge on any atom is -0.465 e. The minimum absolute atomic E-state index is 0.0493. The van der Waals surface area contributed by atoms with E-state index in [1.54, 1.807) is 26.2 Å². The van der Waals surface area contributed by atoms with Crippen molar-refractivity contribution in [3.63, 3.8) is 0 Å². The molecular weight excluding hydrogens is 302 g/mol. The Kier molecular flexibility index (Phi) is 5.69. The summed E-state index contributed by atoms with van der Waals surface area (Å²) in [7, 11) is -2.62. The molecule has 0 aliphatic rings. The Balaban J connectivity index is 3.10. The smallest absolute Gasteiger partial charge is 0.349 e. The number of esters is 1. The molecule has 0 saturated heterocycles. The molecule has 0 aliphatic carbocycles. The summed E-state index contributed by atoms with van der Waals surface area (Å²) in [4.78, 5) is 11.6. The lowest BCUT2D eigenvalue weighted by molar-refractivity contribution is 0.0602. The predicted molar refractivity (Wildman–Crippen MR) is 76.5 cm³/mol. The molecule has 0 fully saturated rings. The number of nitrogens with one attached hydrogen (secondary N) is 1. The first kappa shape index (κ1) is 17.1. The highest BCUT2D eigenvalue weighted by Crippen LogP contribution is 2.27. The second-order valence-corrected chi connectivity index (χ2v) is 7.21. The molecule has 6 nitrogen and oxygen atoms in total. The van der Waals surface area contributed by atoms with Crippen LogP contribution < -0.4 is 4.72 Å². The first-order chi connectivity index (χ1) is 9.19. The van der Waals surface area contributed by atoms with Gasteiger partial charge in [-0.1, -0.05) is 0 Å². The maximum Gasteiger partial charge on any atom is 0.349 e. The van der Waals surface area contributed by atoms with Crippen molar-refractivity contribution in [3.05, 3.63) is 15.8 Å². The van der Waals surface area contributed by atoms with Crippen LogP contribution in [0.1, 0.15) is 35.5 Å². The van der Waals surface area contributed by atoms with Crippen molar-refractivity contribution in [1.29, 1.82) is 0 Å². The fourth-order valence-corrected chi connectivity index (χ4v) is 4.85. The largest absolute Gasteiger partial charge is 0.465 e. The molecule has 1 heterocycles. The molecule has 20 heavy (non-hydrogen) atoms. The number of aliphatic hydroxyl groups excluding tert-OH is 1. The van der Waals surface area contributed by atoms with Gasteiger partial charge in [-0.15, -0.1) is 11.3 Å². The lowest BCUT2D eigenvalue weighted by atomic mass is 10.2. The molecule has 1 rings (SSSR count). The van der Waals surface area contributed by atoms with Gasteiger partial charge >= 0.3 is 5.97 Å². The van der Waals surface area contributed by atoms with Crippen LogP contribution in [-0.4, -0.2) is 38.7 Å². The number of rotatable bonds is 6. The summed E-state index contributed by atoms with van der Waals surface area (Å²) in [5, 5.41) is 10.9. The second kappa shape index (κ2) is 6.66. The summed E-state index contributed by atoms with van der Waals surface area (Å²) in [5.74, 6) is -0.674. The van der Waals surface area contributed by atoms with Crippen molar-refractivity contribution in [3.8, 4) is 0 Å². The lowest BCUT2D eigenvalue weighted by Crippen LogP contribution is -2.35. The van der Waals surface area contributed by atoms with Crippen LogP contribution in [0, 0.1) is 6.92 Å². The zero-order valence-corrected chi connectivity index (χ0v) is 13.5. The van der Waals surface area contributed by atoms with Crippen molar-refractivity contribution < 1.29 is 23.1 Å². The number of carbonyl (C=O) groups excluding carboxylic acids is 1.